The molecule has 11 heteroatoms. The molecule has 226 valence electrons. The van der Waals surface area contributed by atoms with Crippen LogP contribution in [0.2, 0.25) is 5.02 Å². The first-order valence-corrected chi connectivity index (χ1v) is 16.6. The van der Waals surface area contributed by atoms with Gasteiger partial charge in [0.05, 0.1) is 22.8 Å². The van der Waals surface area contributed by atoms with Gasteiger partial charge in [-0.25, -0.2) is 13.1 Å². The van der Waals surface area contributed by atoms with E-state index in [4.69, 9.17) is 11.6 Å². The van der Waals surface area contributed by atoms with Gasteiger partial charge in [0.15, 0.2) is 0 Å². The number of piperidine rings is 1. The zero-order valence-electron chi connectivity index (χ0n) is 25.0. The van der Waals surface area contributed by atoms with Crippen molar-refractivity contribution in [2.24, 2.45) is 11.8 Å². The average molecular weight is 613 g/mol. The van der Waals surface area contributed by atoms with Crippen LogP contribution in [0.1, 0.15) is 68.7 Å². The lowest BCUT2D eigenvalue weighted by Gasteiger charge is -2.44. The Balaban J connectivity index is 1.21. The van der Waals surface area contributed by atoms with Gasteiger partial charge in [-0.15, -0.1) is 5.10 Å². The first-order chi connectivity index (χ1) is 19.9. The number of hydrogen-bond donors (Lipinski definition) is 0. The SMILES string of the molecule is CC1CC(C)CN(S(=O)(=O)c2ccc(C(=O)N3C[C@@H](C)N(Cc4cn([C@@H](C)c5ccc(Cl)cc5)nn4)[C@@H](C)C3)cc2)C1. The van der Waals surface area contributed by atoms with Crippen molar-refractivity contribution in [2.75, 3.05) is 26.2 Å². The number of halogens is 1. The van der Waals surface area contributed by atoms with Crippen LogP contribution in [0, 0.1) is 11.8 Å². The van der Waals surface area contributed by atoms with E-state index in [-0.39, 0.29) is 28.9 Å². The Morgan fingerprint density at radius 1 is 0.929 bits per heavy atom. The fraction of sp³-hybridized carbons (Fsp3) is 0.516. The van der Waals surface area contributed by atoms with Crippen LogP contribution in [0.5, 0.6) is 0 Å². The molecule has 2 aromatic carbocycles. The molecule has 0 spiro atoms. The van der Waals surface area contributed by atoms with Crippen molar-refractivity contribution in [3.8, 4) is 0 Å². The van der Waals surface area contributed by atoms with Gasteiger partial charge in [-0.1, -0.05) is 42.8 Å². The van der Waals surface area contributed by atoms with Crippen molar-refractivity contribution in [3.63, 3.8) is 0 Å². The molecule has 9 nitrogen and oxygen atoms in total. The minimum absolute atomic E-state index is 0.0289. The summed E-state index contributed by atoms with van der Waals surface area (Å²) >= 11 is 6.04. The van der Waals surface area contributed by atoms with Crippen LogP contribution in [0.25, 0.3) is 0 Å². The fourth-order valence-electron chi connectivity index (χ4n) is 6.39. The third kappa shape index (κ3) is 6.56. The van der Waals surface area contributed by atoms with Gasteiger partial charge in [0.25, 0.3) is 5.91 Å². The molecule has 1 amide bonds. The van der Waals surface area contributed by atoms with Crippen LogP contribution < -0.4 is 0 Å². The predicted octanol–water partition coefficient (Wildman–Crippen LogP) is 4.94. The summed E-state index contributed by atoms with van der Waals surface area (Å²) in [5.74, 6) is 0.578. The standard InChI is InChI=1S/C31H41ClN6O3S/c1-21-14-22(2)16-36(15-21)42(40,41)30-12-8-27(9-13-30)31(39)35-17-23(3)37(24(4)18-35)19-29-20-38(34-33-29)25(5)26-6-10-28(32)11-7-26/h6-13,20-25H,14-19H2,1-5H3/t21?,22?,23-,24+,25-/m0/s1. The number of sulfonamides is 1. The van der Waals surface area contributed by atoms with E-state index < -0.39 is 10.0 Å². The highest BCUT2D eigenvalue weighted by molar-refractivity contribution is 7.89. The monoisotopic (exact) mass is 612 g/mol. The molecule has 5 rings (SSSR count). The lowest BCUT2D eigenvalue weighted by Crippen LogP contribution is -2.57. The molecule has 0 bridgehead atoms. The van der Waals surface area contributed by atoms with Gasteiger partial charge in [0, 0.05) is 55.4 Å². The summed E-state index contributed by atoms with van der Waals surface area (Å²) in [5, 5.41) is 9.50. The van der Waals surface area contributed by atoms with Crippen molar-refractivity contribution in [1.29, 1.82) is 0 Å². The van der Waals surface area contributed by atoms with Crippen LogP contribution in [0.15, 0.2) is 59.6 Å². The fourth-order valence-corrected chi connectivity index (χ4v) is 8.20. The van der Waals surface area contributed by atoms with Crippen molar-refractivity contribution in [2.45, 2.75) is 70.6 Å². The largest absolute Gasteiger partial charge is 0.336 e. The number of amides is 1. The number of aromatic nitrogens is 3. The molecule has 1 aromatic heterocycles. The van der Waals surface area contributed by atoms with E-state index in [0.29, 0.717) is 55.1 Å². The number of hydrogen-bond acceptors (Lipinski definition) is 6. The van der Waals surface area contributed by atoms with E-state index >= 15 is 0 Å². The number of carbonyl (C=O) groups is 1. The first kappa shape index (κ1) is 30.7. The van der Waals surface area contributed by atoms with Crippen molar-refractivity contribution < 1.29 is 13.2 Å². The summed E-state index contributed by atoms with van der Waals surface area (Å²) in [5.41, 5.74) is 2.48. The third-order valence-electron chi connectivity index (χ3n) is 8.61. The first-order valence-electron chi connectivity index (χ1n) is 14.7. The maximum absolute atomic E-state index is 13.5. The zero-order valence-corrected chi connectivity index (χ0v) is 26.6. The van der Waals surface area contributed by atoms with Gasteiger partial charge < -0.3 is 4.90 Å². The van der Waals surface area contributed by atoms with Crippen LogP contribution in [0.3, 0.4) is 0 Å². The Morgan fingerprint density at radius 2 is 1.52 bits per heavy atom. The smallest absolute Gasteiger partial charge is 0.253 e. The van der Waals surface area contributed by atoms with E-state index in [9.17, 15) is 13.2 Å². The van der Waals surface area contributed by atoms with E-state index in [1.165, 1.54) is 0 Å². The zero-order chi connectivity index (χ0) is 30.2. The second-order valence-electron chi connectivity index (χ2n) is 12.3. The maximum atomic E-state index is 13.5. The quantitative estimate of drug-likeness (QED) is 0.375. The Labute approximate surface area is 254 Å². The number of nitrogens with zero attached hydrogens (tertiary/aromatic N) is 6. The number of carbonyl (C=O) groups excluding carboxylic acids is 1. The van der Waals surface area contributed by atoms with E-state index in [2.05, 4.69) is 49.8 Å². The minimum atomic E-state index is -3.59. The molecular formula is C31H41ClN6O3S. The molecule has 3 aromatic rings. The summed E-state index contributed by atoms with van der Waals surface area (Å²) in [7, 11) is -3.59. The molecule has 2 fully saturated rings. The average Bonchev–Trinajstić information content (AvgIpc) is 3.43. The van der Waals surface area contributed by atoms with E-state index in [1.807, 2.05) is 40.0 Å². The summed E-state index contributed by atoms with van der Waals surface area (Å²) in [6.07, 6.45) is 3.02. The molecule has 0 radical (unpaired) electrons. The minimum Gasteiger partial charge on any atom is -0.336 e. The van der Waals surface area contributed by atoms with Gasteiger partial charge in [-0.2, -0.15) is 4.31 Å². The molecule has 5 atom stereocenters. The van der Waals surface area contributed by atoms with Gasteiger partial charge in [0.2, 0.25) is 10.0 Å². The third-order valence-corrected chi connectivity index (χ3v) is 10.7. The Hall–Kier alpha value is -2.79. The number of rotatable bonds is 7. The Morgan fingerprint density at radius 3 is 2.12 bits per heavy atom. The highest BCUT2D eigenvalue weighted by atomic mass is 35.5. The molecule has 2 aliphatic rings. The summed E-state index contributed by atoms with van der Waals surface area (Å²) < 4.78 is 30.0. The lowest BCUT2D eigenvalue weighted by molar-refractivity contribution is 0.0264. The molecule has 42 heavy (non-hydrogen) atoms. The molecule has 3 heterocycles. The maximum Gasteiger partial charge on any atom is 0.253 e. The van der Waals surface area contributed by atoms with Crippen molar-refractivity contribution >= 4 is 27.5 Å². The van der Waals surface area contributed by atoms with Crippen molar-refractivity contribution in [1.82, 2.24) is 29.1 Å². The highest BCUT2D eigenvalue weighted by Gasteiger charge is 2.34. The van der Waals surface area contributed by atoms with Crippen LogP contribution in [0.4, 0.5) is 0 Å². The molecule has 0 saturated carbocycles. The summed E-state index contributed by atoms with van der Waals surface area (Å²) in [6.45, 7) is 13.3. The van der Waals surface area contributed by atoms with Crippen LogP contribution in [-0.4, -0.2) is 81.7 Å². The number of piperazine rings is 1. The van der Waals surface area contributed by atoms with Crippen LogP contribution >= 0.6 is 11.6 Å². The second kappa shape index (κ2) is 12.4. The molecule has 0 aliphatic carbocycles. The summed E-state index contributed by atoms with van der Waals surface area (Å²) in [4.78, 5) is 17.9. The van der Waals surface area contributed by atoms with E-state index in [0.717, 1.165) is 17.7 Å². The van der Waals surface area contributed by atoms with Gasteiger partial charge in [0.1, 0.15) is 0 Å². The van der Waals surface area contributed by atoms with E-state index in [1.54, 1.807) is 28.6 Å². The van der Waals surface area contributed by atoms with Gasteiger partial charge >= 0.3 is 0 Å². The highest BCUT2D eigenvalue weighted by Crippen LogP contribution is 2.28. The molecule has 0 N–H and O–H groups in total. The van der Waals surface area contributed by atoms with Crippen molar-refractivity contribution in [3.05, 3.63) is 76.6 Å². The normalized spacial score (nSPS) is 25.0. The molecule has 2 saturated heterocycles. The second-order valence-corrected chi connectivity index (χ2v) is 14.7. The Kier molecular flexibility index (Phi) is 9.08. The topological polar surface area (TPSA) is 91.6 Å². The van der Waals surface area contributed by atoms with Crippen LogP contribution in [-0.2, 0) is 16.6 Å². The van der Waals surface area contributed by atoms with Gasteiger partial charge in [-0.3, -0.25) is 9.69 Å². The number of benzene rings is 2. The predicted molar refractivity (Wildman–Crippen MR) is 164 cm³/mol. The van der Waals surface area contributed by atoms with Gasteiger partial charge in [-0.05, 0) is 81.0 Å². The molecule has 2 aliphatic heterocycles. The summed E-state index contributed by atoms with van der Waals surface area (Å²) in [6, 6.07) is 14.4. The molecule has 2 unspecified atom stereocenters. The lowest BCUT2D eigenvalue weighted by atomic mass is 9.94. The molecular weight excluding hydrogens is 572 g/mol. The Bertz CT molecular complexity index is 1470.